The minimum absolute atomic E-state index is 0.113. The van der Waals surface area contributed by atoms with Crippen LogP contribution in [0.4, 0.5) is 8.78 Å². The minimum atomic E-state index is -0.762. The molecule has 5 heteroatoms. The van der Waals surface area contributed by atoms with Crippen molar-refractivity contribution in [1.82, 2.24) is 0 Å². The maximum atomic E-state index is 13.7. The Balaban J connectivity index is 2.46. The van der Waals surface area contributed by atoms with E-state index < -0.39 is 17.7 Å². The Morgan fingerprint density at radius 1 is 1.15 bits per heavy atom. The van der Waals surface area contributed by atoms with Gasteiger partial charge in [0, 0.05) is 4.90 Å². The zero-order valence-corrected chi connectivity index (χ0v) is 11.4. The summed E-state index contributed by atoms with van der Waals surface area (Å²) in [5, 5.41) is 18.6. The van der Waals surface area contributed by atoms with E-state index in [0.717, 1.165) is 30.0 Å². The summed E-state index contributed by atoms with van der Waals surface area (Å²) in [6.45, 7) is 1.58. The second kappa shape index (κ2) is 6.04. The molecule has 102 valence electrons. The van der Waals surface area contributed by atoms with Gasteiger partial charge < -0.3 is 5.11 Å². The molecule has 2 aromatic carbocycles. The van der Waals surface area contributed by atoms with Gasteiger partial charge in [-0.1, -0.05) is 17.8 Å². The summed E-state index contributed by atoms with van der Waals surface area (Å²) in [7, 11) is 0. The van der Waals surface area contributed by atoms with Crippen molar-refractivity contribution in [2.75, 3.05) is 0 Å². The summed E-state index contributed by atoms with van der Waals surface area (Å²) >= 11 is 0.987. The van der Waals surface area contributed by atoms with Gasteiger partial charge in [-0.25, -0.2) is 8.78 Å². The first-order chi connectivity index (χ1) is 9.51. The maximum Gasteiger partial charge on any atom is 0.137 e. The second-order valence-corrected chi connectivity index (χ2v) is 5.30. The van der Waals surface area contributed by atoms with Gasteiger partial charge in [0.15, 0.2) is 0 Å². The lowest BCUT2D eigenvalue weighted by atomic mass is 10.1. The lowest BCUT2D eigenvalue weighted by molar-refractivity contribution is 0.196. The molecule has 2 aromatic rings. The number of hydrogen-bond donors (Lipinski definition) is 1. The van der Waals surface area contributed by atoms with E-state index in [2.05, 4.69) is 0 Å². The summed E-state index contributed by atoms with van der Waals surface area (Å²) in [4.78, 5) is 0.644. The predicted molar refractivity (Wildman–Crippen MR) is 72.3 cm³/mol. The number of nitrogens with zero attached hydrogens (tertiary/aromatic N) is 1. The van der Waals surface area contributed by atoms with E-state index in [1.165, 1.54) is 0 Å². The molecule has 2 nitrogen and oxygen atoms in total. The van der Waals surface area contributed by atoms with Gasteiger partial charge in [-0.15, -0.1) is 0 Å². The van der Waals surface area contributed by atoms with Gasteiger partial charge in [0.2, 0.25) is 0 Å². The van der Waals surface area contributed by atoms with Crippen molar-refractivity contribution in [3.63, 3.8) is 0 Å². The average Bonchev–Trinajstić information content (AvgIpc) is 2.42. The fourth-order valence-electron chi connectivity index (χ4n) is 1.71. The molecule has 1 atom stereocenters. The Morgan fingerprint density at radius 2 is 1.90 bits per heavy atom. The molecule has 0 amide bonds. The molecule has 0 aromatic heterocycles. The fraction of sp³-hybridized carbons (Fsp3) is 0.133. The molecule has 0 fully saturated rings. The van der Waals surface area contributed by atoms with Crippen LogP contribution in [0, 0.1) is 23.0 Å². The molecule has 0 unspecified atom stereocenters. The highest BCUT2D eigenvalue weighted by molar-refractivity contribution is 7.99. The van der Waals surface area contributed by atoms with Gasteiger partial charge in [-0.2, -0.15) is 5.26 Å². The third kappa shape index (κ3) is 3.16. The van der Waals surface area contributed by atoms with Gasteiger partial charge in [0.1, 0.15) is 11.6 Å². The normalized spacial score (nSPS) is 11.9. The van der Waals surface area contributed by atoms with Crippen LogP contribution in [-0.2, 0) is 0 Å². The summed E-state index contributed by atoms with van der Waals surface area (Å²) in [5.74, 6) is -1.08. The molecule has 0 spiro atoms. The summed E-state index contributed by atoms with van der Waals surface area (Å²) in [5.41, 5.74) is 0.964. The molecule has 0 heterocycles. The van der Waals surface area contributed by atoms with Crippen LogP contribution in [0.2, 0.25) is 0 Å². The summed E-state index contributed by atoms with van der Waals surface area (Å²) < 4.78 is 26.8. The molecule has 1 N–H and O–H groups in total. The van der Waals surface area contributed by atoms with Crippen molar-refractivity contribution in [1.29, 1.82) is 5.26 Å². The Hall–Kier alpha value is -1.90. The standard InChI is InChI=1S/C15H11F2NOS/c1-9(19)12-4-2-10(8-18)6-14(12)20-15-7-11(16)3-5-13(15)17/h2-7,9,19H,1H3/t9-/m0/s1. The molecule has 0 aliphatic rings. The lowest BCUT2D eigenvalue weighted by Gasteiger charge is -2.12. The third-order valence-electron chi connectivity index (χ3n) is 2.71. The molecule has 2 rings (SSSR count). The lowest BCUT2D eigenvalue weighted by Crippen LogP contribution is -1.95. The van der Waals surface area contributed by atoms with Crippen molar-refractivity contribution in [2.45, 2.75) is 22.8 Å². The maximum absolute atomic E-state index is 13.7. The van der Waals surface area contributed by atoms with E-state index in [-0.39, 0.29) is 4.90 Å². The Morgan fingerprint density at radius 3 is 2.55 bits per heavy atom. The van der Waals surface area contributed by atoms with Crippen LogP contribution in [0.5, 0.6) is 0 Å². The van der Waals surface area contributed by atoms with Crippen LogP contribution in [0.15, 0.2) is 46.2 Å². The van der Waals surface area contributed by atoms with Gasteiger partial charge in [0.25, 0.3) is 0 Å². The Bertz CT molecular complexity index is 680. The summed E-state index contributed by atoms with van der Waals surface area (Å²) in [6, 6.07) is 9.91. The largest absolute Gasteiger partial charge is 0.389 e. The van der Waals surface area contributed by atoms with Gasteiger partial charge in [-0.05, 0) is 42.8 Å². The molecule has 0 radical (unpaired) electrons. The van der Waals surface area contributed by atoms with Crippen molar-refractivity contribution in [3.8, 4) is 6.07 Å². The number of rotatable bonds is 3. The third-order valence-corrected chi connectivity index (χ3v) is 3.81. The zero-order valence-electron chi connectivity index (χ0n) is 10.6. The molecule has 0 saturated heterocycles. The molecule has 0 saturated carbocycles. The average molecular weight is 291 g/mol. The van der Waals surface area contributed by atoms with Crippen molar-refractivity contribution in [2.24, 2.45) is 0 Å². The summed E-state index contributed by atoms with van der Waals surface area (Å²) in [6.07, 6.45) is -0.762. The second-order valence-electron chi connectivity index (χ2n) is 4.22. The van der Waals surface area contributed by atoms with Gasteiger partial charge in [-0.3, -0.25) is 0 Å². The van der Waals surface area contributed by atoms with Crippen LogP contribution in [-0.4, -0.2) is 5.11 Å². The Labute approximate surface area is 119 Å². The van der Waals surface area contributed by atoms with E-state index in [4.69, 9.17) is 5.26 Å². The molecular weight excluding hydrogens is 280 g/mol. The van der Waals surface area contributed by atoms with Gasteiger partial charge in [0.05, 0.1) is 22.6 Å². The highest BCUT2D eigenvalue weighted by atomic mass is 32.2. The van der Waals surface area contributed by atoms with E-state index in [1.54, 1.807) is 25.1 Å². The highest BCUT2D eigenvalue weighted by Crippen LogP contribution is 2.35. The fourth-order valence-corrected chi connectivity index (χ4v) is 2.83. The van der Waals surface area contributed by atoms with Crippen molar-refractivity contribution < 1.29 is 13.9 Å². The smallest absolute Gasteiger partial charge is 0.137 e. The van der Waals surface area contributed by atoms with E-state index in [9.17, 15) is 13.9 Å². The molecule has 20 heavy (non-hydrogen) atoms. The first-order valence-corrected chi connectivity index (χ1v) is 6.68. The predicted octanol–water partition coefficient (Wildman–Crippen LogP) is 4.04. The van der Waals surface area contributed by atoms with E-state index in [0.29, 0.717) is 16.0 Å². The number of halogens is 2. The number of aliphatic hydroxyl groups is 1. The quantitative estimate of drug-likeness (QED) is 0.928. The highest BCUT2D eigenvalue weighted by Gasteiger charge is 2.13. The number of benzene rings is 2. The van der Waals surface area contributed by atoms with Crippen LogP contribution in [0.3, 0.4) is 0 Å². The topological polar surface area (TPSA) is 44.0 Å². The Kier molecular flexibility index (Phi) is 4.38. The van der Waals surface area contributed by atoms with Crippen LogP contribution < -0.4 is 0 Å². The van der Waals surface area contributed by atoms with Crippen LogP contribution >= 0.6 is 11.8 Å². The zero-order chi connectivity index (χ0) is 14.7. The number of nitriles is 1. The van der Waals surface area contributed by atoms with Crippen LogP contribution in [0.25, 0.3) is 0 Å². The van der Waals surface area contributed by atoms with Crippen LogP contribution in [0.1, 0.15) is 24.2 Å². The number of aliphatic hydroxyl groups excluding tert-OH is 1. The molecule has 0 bridgehead atoms. The number of hydrogen-bond acceptors (Lipinski definition) is 3. The molecular formula is C15H11F2NOS. The van der Waals surface area contributed by atoms with Crippen molar-refractivity contribution >= 4 is 11.8 Å². The SMILES string of the molecule is C[C@H](O)c1ccc(C#N)cc1Sc1cc(F)ccc1F. The first kappa shape index (κ1) is 14.5. The molecule has 0 aliphatic carbocycles. The minimum Gasteiger partial charge on any atom is -0.389 e. The first-order valence-electron chi connectivity index (χ1n) is 5.86. The van der Waals surface area contributed by atoms with Gasteiger partial charge >= 0.3 is 0 Å². The van der Waals surface area contributed by atoms with E-state index in [1.807, 2.05) is 6.07 Å². The monoisotopic (exact) mass is 291 g/mol. The van der Waals surface area contributed by atoms with E-state index >= 15 is 0 Å². The molecule has 0 aliphatic heterocycles. The van der Waals surface area contributed by atoms with Crippen molar-refractivity contribution in [3.05, 3.63) is 59.2 Å².